The fourth-order valence-corrected chi connectivity index (χ4v) is 4.89. The fourth-order valence-electron chi connectivity index (χ4n) is 4.89. The number of carbonyl (C=O) groups is 2. The minimum absolute atomic E-state index is 0.0789. The van der Waals surface area contributed by atoms with Crippen LogP contribution in [0.5, 0.6) is 5.75 Å². The Bertz CT molecular complexity index is 1630. The number of aromatic nitrogens is 3. The number of hydrogen-bond acceptors (Lipinski definition) is 4. The number of ether oxygens (including phenoxy) is 1. The monoisotopic (exact) mass is 509 g/mol. The van der Waals surface area contributed by atoms with Gasteiger partial charge in [-0.2, -0.15) is 4.57 Å². The van der Waals surface area contributed by atoms with Crippen molar-refractivity contribution in [2.45, 2.75) is 33.6 Å². The summed E-state index contributed by atoms with van der Waals surface area (Å²) in [5.41, 5.74) is 3.76. The van der Waals surface area contributed by atoms with Crippen molar-refractivity contribution < 1.29 is 18.9 Å². The van der Waals surface area contributed by atoms with Gasteiger partial charge in [-0.15, -0.1) is 0 Å². The molecule has 4 aromatic rings. The molecule has 0 atom stereocenters. The number of amides is 2. The van der Waals surface area contributed by atoms with Gasteiger partial charge in [0.05, 0.1) is 24.0 Å². The number of benzene rings is 2. The van der Waals surface area contributed by atoms with Crippen molar-refractivity contribution >= 4 is 28.8 Å². The minimum atomic E-state index is -0.548. The number of aryl methyl sites for hydroxylation is 3. The summed E-state index contributed by atoms with van der Waals surface area (Å²) in [7, 11) is 1.55. The lowest BCUT2D eigenvalue weighted by Crippen LogP contribution is -2.39. The summed E-state index contributed by atoms with van der Waals surface area (Å²) in [4.78, 5) is 43.1. The van der Waals surface area contributed by atoms with E-state index in [1.807, 2.05) is 45.0 Å². The molecule has 0 unspecified atom stereocenters. The van der Waals surface area contributed by atoms with E-state index in [4.69, 9.17) is 4.74 Å². The SMILES string of the molecule is CCCc1[nH]n(-c2ccc(C)cc2C)c(=O)c1C1=C([n+]2ccccc2)C(=O)N(c2ccc(OC)cc2)C1=O. The second-order valence-electron chi connectivity index (χ2n) is 9.30. The molecule has 38 heavy (non-hydrogen) atoms. The zero-order valence-corrected chi connectivity index (χ0v) is 21.8. The van der Waals surface area contributed by atoms with Gasteiger partial charge >= 0.3 is 5.91 Å². The number of methoxy groups -OCH3 is 1. The highest BCUT2D eigenvalue weighted by Crippen LogP contribution is 2.34. The summed E-state index contributed by atoms with van der Waals surface area (Å²) in [5.74, 6) is -0.453. The van der Waals surface area contributed by atoms with Crippen LogP contribution in [-0.2, 0) is 16.0 Å². The molecule has 0 radical (unpaired) electrons. The smallest absolute Gasteiger partial charge is 0.331 e. The topological polar surface area (TPSA) is 88.3 Å². The van der Waals surface area contributed by atoms with Gasteiger partial charge in [0.2, 0.25) is 0 Å². The van der Waals surface area contributed by atoms with E-state index in [0.717, 1.165) is 22.4 Å². The Hall–Kier alpha value is -4.72. The highest BCUT2D eigenvalue weighted by atomic mass is 16.5. The number of pyridine rings is 1. The van der Waals surface area contributed by atoms with Crippen LogP contribution in [0.25, 0.3) is 17.0 Å². The van der Waals surface area contributed by atoms with Crippen LogP contribution >= 0.6 is 0 Å². The van der Waals surface area contributed by atoms with E-state index < -0.39 is 11.8 Å². The Labute approximate surface area is 220 Å². The molecule has 2 amide bonds. The number of anilines is 1. The summed E-state index contributed by atoms with van der Waals surface area (Å²) < 4.78 is 8.31. The summed E-state index contributed by atoms with van der Waals surface area (Å²) in [6, 6.07) is 17.9. The normalized spacial score (nSPS) is 13.5. The van der Waals surface area contributed by atoms with Crippen molar-refractivity contribution in [1.29, 1.82) is 0 Å². The van der Waals surface area contributed by atoms with Crippen LogP contribution in [0.4, 0.5) is 5.69 Å². The Morgan fingerprint density at radius 1 is 0.921 bits per heavy atom. The highest BCUT2D eigenvalue weighted by molar-refractivity contribution is 6.53. The van der Waals surface area contributed by atoms with E-state index in [2.05, 4.69) is 5.10 Å². The van der Waals surface area contributed by atoms with Crippen molar-refractivity contribution in [3.8, 4) is 11.4 Å². The lowest BCUT2D eigenvalue weighted by molar-refractivity contribution is -0.576. The molecule has 2 aromatic heterocycles. The van der Waals surface area contributed by atoms with E-state index in [9.17, 15) is 14.4 Å². The average molecular weight is 510 g/mol. The van der Waals surface area contributed by atoms with Crippen LogP contribution in [0.2, 0.25) is 0 Å². The molecule has 192 valence electrons. The maximum absolute atomic E-state index is 14.1. The lowest BCUT2D eigenvalue weighted by Gasteiger charge is -2.14. The second-order valence-corrected chi connectivity index (χ2v) is 9.30. The Morgan fingerprint density at radius 3 is 2.26 bits per heavy atom. The average Bonchev–Trinajstić information content (AvgIpc) is 3.36. The molecule has 8 heteroatoms. The molecule has 0 saturated heterocycles. The Balaban J connectivity index is 1.76. The minimum Gasteiger partial charge on any atom is -0.497 e. The van der Waals surface area contributed by atoms with Gasteiger partial charge in [0.1, 0.15) is 11.3 Å². The van der Waals surface area contributed by atoms with Crippen molar-refractivity contribution in [2.24, 2.45) is 0 Å². The summed E-state index contributed by atoms with van der Waals surface area (Å²) in [5, 5.41) is 3.24. The first-order valence-corrected chi connectivity index (χ1v) is 12.5. The molecule has 3 heterocycles. The van der Waals surface area contributed by atoms with E-state index in [1.54, 1.807) is 60.5 Å². The van der Waals surface area contributed by atoms with E-state index in [-0.39, 0.29) is 22.4 Å². The zero-order chi connectivity index (χ0) is 27.0. The third-order valence-corrected chi connectivity index (χ3v) is 6.67. The molecule has 0 saturated carbocycles. The van der Waals surface area contributed by atoms with Crippen molar-refractivity contribution in [3.63, 3.8) is 0 Å². The van der Waals surface area contributed by atoms with Crippen LogP contribution < -0.4 is 19.8 Å². The van der Waals surface area contributed by atoms with Crippen LogP contribution in [-0.4, -0.2) is 28.7 Å². The summed E-state index contributed by atoms with van der Waals surface area (Å²) >= 11 is 0. The summed E-state index contributed by atoms with van der Waals surface area (Å²) in [6.07, 6.45) is 4.67. The molecule has 5 rings (SSSR count). The predicted molar refractivity (Wildman–Crippen MR) is 145 cm³/mol. The Morgan fingerprint density at radius 2 is 1.63 bits per heavy atom. The first-order chi connectivity index (χ1) is 18.3. The zero-order valence-electron chi connectivity index (χ0n) is 21.8. The number of aromatic amines is 1. The molecule has 8 nitrogen and oxygen atoms in total. The van der Waals surface area contributed by atoms with Crippen LogP contribution in [0, 0.1) is 13.8 Å². The third kappa shape index (κ3) is 4.14. The molecular formula is C30H29N4O4+. The number of imide groups is 1. The van der Waals surface area contributed by atoms with Gasteiger partial charge in [-0.25, -0.2) is 9.58 Å². The number of hydrogen-bond donors (Lipinski definition) is 1. The van der Waals surface area contributed by atoms with Gasteiger partial charge in [-0.1, -0.05) is 37.1 Å². The van der Waals surface area contributed by atoms with Crippen LogP contribution in [0.15, 0.2) is 77.9 Å². The standard InChI is InChI=1S/C30H28N4O4/c1-5-9-23-25(29(36)34(31-23)24-15-10-19(2)18-20(24)3)26-27(32-16-7-6-8-17-32)30(37)33(28(26)35)21-11-13-22(38-4)14-12-21/h6-8,10-18H,5,9H2,1-4H3/p+1. The van der Waals surface area contributed by atoms with Gasteiger partial charge in [0.25, 0.3) is 17.2 Å². The largest absolute Gasteiger partial charge is 0.497 e. The number of nitrogens with zero attached hydrogens (tertiary/aromatic N) is 3. The Kier molecular flexibility index (Phi) is 6.55. The van der Waals surface area contributed by atoms with Crippen LogP contribution in [0.3, 0.4) is 0 Å². The lowest BCUT2D eigenvalue weighted by atomic mass is 10.0. The number of H-pyrrole nitrogens is 1. The van der Waals surface area contributed by atoms with Crippen molar-refractivity contribution in [2.75, 3.05) is 12.0 Å². The molecule has 1 aliphatic heterocycles. The quantitative estimate of drug-likeness (QED) is 0.302. The second kappa shape index (κ2) is 9.97. The van der Waals surface area contributed by atoms with Gasteiger partial charge in [0.15, 0.2) is 12.4 Å². The van der Waals surface area contributed by atoms with Crippen molar-refractivity contribution in [1.82, 2.24) is 9.78 Å². The molecule has 2 aromatic carbocycles. The van der Waals surface area contributed by atoms with Gasteiger partial charge in [0, 0.05) is 17.8 Å². The van der Waals surface area contributed by atoms with E-state index in [1.165, 1.54) is 4.68 Å². The van der Waals surface area contributed by atoms with Gasteiger partial charge in [-0.3, -0.25) is 19.5 Å². The molecule has 0 spiro atoms. The van der Waals surface area contributed by atoms with Gasteiger partial charge in [-0.05, 0) is 56.2 Å². The third-order valence-electron chi connectivity index (χ3n) is 6.67. The van der Waals surface area contributed by atoms with E-state index in [0.29, 0.717) is 29.2 Å². The first-order valence-electron chi connectivity index (χ1n) is 12.5. The van der Waals surface area contributed by atoms with Crippen LogP contribution in [0.1, 0.15) is 35.7 Å². The molecule has 0 bridgehead atoms. The number of carbonyl (C=O) groups excluding carboxylic acids is 2. The number of rotatable bonds is 7. The first kappa shape index (κ1) is 25.0. The molecule has 0 fully saturated rings. The number of nitrogens with one attached hydrogen (secondary N) is 1. The molecular weight excluding hydrogens is 480 g/mol. The fraction of sp³-hybridized carbons (Fsp3) is 0.200. The highest BCUT2D eigenvalue weighted by Gasteiger charge is 2.48. The summed E-state index contributed by atoms with van der Waals surface area (Å²) in [6.45, 7) is 5.94. The van der Waals surface area contributed by atoms with E-state index >= 15 is 0 Å². The molecule has 1 N–H and O–H groups in total. The molecule has 1 aliphatic rings. The van der Waals surface area contributed by atoms with Gasteiger partial charge < -0.3 is 4.74 Å². The molecule has 0 aliphatic carbocycles. The maximum atomic E-state index is 14.1. The van der Waals surface area contributed by atoms with Crippen molar-refractivity contribution in [3.05, 3.63) is 106 Å². The maximum Gasteiger partial charge on any atom is 0.331 e. The predicted octanol–water partition coefficient (Wildman–Crippen LogP) is 3.97.